The van der Waals surface area contributed by atoms with Gasteiger partial charge in [0.05, 0.1) is 24.6 Å². The summed E-state index contributed by atoms with van der Waals surface area (Å²) in [5.74, 6) is 0.124. The minimum Gasteiger partial charge on any atom is -0.496 e. The SMILES string of the molecule is COc1ccc(NC(=O)CN2CCC[C@@H]2c2cccs2)c([N+](=O)[O-])c1. The number of nitrogens with zero attached hydrogens (tertiary/aromatic N) is 2. The fourth-order valence-corrected chi connectivity index (χ4v) is 3.98. The summed E-state index contributed by atoms with van der Waals surface area (Å²) >= 11 is 1.69. The molecule has 0 spiro atoms. The van der Waals surface area contributed by atoms with E-state index in [2.05, 4.69) is 16.3 Å². The van der Waals surface area contributed by atoms with Crippen molar-refractivity contribution in [3.63, 3.8) is 0 Å². The van der Waals surface area contributed by atoms with Gasteiger partial charge in [-0.2, -0.15) is 0 Å². The number of anilines is 1. The van der Waals surface area contributed by atoms with Crippen LogP contribution in [0.5, 0.6) is 5.75 Å². The van der Waals surface area contributed by atoms with Crippen LogP contribution in [-0.2, 0) is 4.79 Å². The Hall–Kier alpha value is -2.45. The molecule has 1 amide bonds. The first-order valence-electron chi connectivity index (χ1n) is 7.98. The van der Waals surface area contributed by atoms with E-state index in [1.165, 1.54) is 24.1 Å². The van der Waals surface area contributed by atoms with E-state index in [1.807, 2.05) is 11.4 Å². The highest BCUT2D eigenvalue weighted by molar-refractivity contribution is 7.10. The summed E-state index contributed by atoms with van der Waals surface area (Å²) in [5.41, 5.74) is 0.00611. The van der Waals surface area contributed by atoms with Gasteiger partial charge in [0.15, 0.2) is 0 Å². The highest BCUT2D eigenvalue weighted by Gasteiger charge is 2.28. The molecule has 1 fully saturated rings. The number of hydrogen-bond acceptors (Lipinski definition) is 6. The second-order valence-electron chi connectivity index (χ2n) is 5.83. The lowest BCUT2D eigenvalue weighted by Gasteiger charge is -2.22. The number of nitrogens with one attached hydrogen (secondary N) is 1. The number of methoxy groups -OCH3 is 1. The number of nitro groups is 1. The van der Waals surface area contributed by atoms with Crippen LogP contribution in [0.2, 0.25) is 0 Å². The second-order valence-corrected chi connectivity index (χ2v) is 6.81. The third-order valence-corrected chi connectivity index (χ3v) is 5.23. The van der Waals surface area contributed by atoms with E-state index in [-0.39, 0.29) is 29.9 Å². The molecule has 1 aliphatic heterocycles. The number of nitro benzene ring substituents is 1. The van der Waals surface area contributed by atoms with E-state index in [0.717, 1.165) is 19.4 Å². The number of thiophene rings is 1. The van der Waals surface area contributed by atoms with Crippen molar-refractivity contribution in [2.45, 2.75) is 18.9 Å². The zero-order valence-electron chi connectivity index (χ0n) is 13.8. The summed E-state index contributed by atoms with van der Waals surface area (Å²) in [4.78, 5) is 26.5. The Balaban J connectivity index is 1.69. The number of carbonyl (C=O) groups excluding carboxylic acids is 1. The summed E-state index contributed by atoms with van der Waals surface area (Å²) in [5, 5.41) is 15.9. The van der Waals surface area contributed by atoms with Gasteiger partial charge in [0.2, 0.25) is 5.91 Å². The van der Waals surface area contributed by atoms with Gasteiger partial charge in [-0.05, 0) is 43.0 Å². The van der Waals surface area contributed by atoms with Crippen molar-refractivity contribution in [1.29, 1.82) is 0 Å². The van der Waals surface area contributed by atoms with Gasteiger partial charge in [-0.15, -0.1) is 11.3 Å². The van der Waals surface area contributed by atoms with Crippen LogP contribution in [0, 0.1) is 10.1 Å². The molecule has 0 aliphatic carbocycles. The fourth-order valence-electron chi connectivity index (χ4n) is 3.09. The molecule has 1 aromatic carbocycles. The van der Waals surface area contributed by atoms with Crippen LogP contribution in [0.15, 0.2) is 35.7 Å². The molecular formula is C17H19N3O4S. The summed E-state index contributed by atoms with van der Waals surface area (Å²) in [7, 11) is 1.44. The first-order valence-corrected chi connectivity index (χ1v) is 8.86. The molecule has 8 heteroatoms. The standard InChI is InChI=1S/C17H19N3O4S/c1-24-12-6-7-13(15(10-12)20(22)23)18-17(21)11-19-8-2-4-14(19)16-5-3-9-25-16/h3,5-7,9-10,14H,2,4,8,11H2,1H3,(H,18,21)/t14-/m1/s1. The highest BCUT2D eigenvalue weighted by Crippen LogP contribution is 2.34. The predicted molar refractivity (Wildman–Crippen MR) is 96.1 cm³/mol. The van der Waals surface area contributed by atoms with E-state index in [0.29, 0.717) is 5.75 Å². The van der Waals surface area contributed by atoms with Crippen LogP contribution >= 0.6 is 11.3 Å². The summed E-state index contributed by atoms with van der Waals surface area (Å²) in [6.45, 7) is 1.06. The Morgan fingerprint density at radius 2 is 2.32 bits per heavy atom. The van der Waals surface area contributed by atoms with Crippen molar-refractivity contribution in [3.8, 4) is 5.75 Å². The number of hydrogen-bond donors (Lipinski definition) is 1. The molecule has 2 aromatic rings. The monoisotopic (exact) mass is 361 g/mol. The van der Waals surface area contributed by atoms with Crippen LogP contribution in [0.3, 0.4) is 0 Å². The molecule has 1 atom stereocenters. The molecule has 0 unspecified atom stereocenters. The van der Waals surface area contributed by atoms with Crippen molar-refractivity contribution in [1.82, 2.24) is 4.90 Å². The van der Waals surface area contributed by atoms with Crippen LogP contribution in [0.4, 0.5) is 11.4 Å². The lowest BCUT2D eigenvalue weighted by atomic mass is 10.2. The molecule has 0 bridgehead atoms. The maximum absolute atomic E-state index is 12.4. The van der Waals surface area contributed by atoms with Crippen LogP contribution < -0.4 is 10.1 Å². The summed E-state index contributed by atoms with van der Waals surface area (Å²) in [6.07, 6.45) is 2.06. The molecule has 3 rings (SSSR count). The van der Waals surface area contributed by atoms with E-state index in [1.54, 1.807) is 17.4 Å². The third-order valence-electron chi connectivity index (χ3n) is 4.26. The van der Waals surface area contributed by atoms with Gasteiger partial charge in [0.25, 0.3) is 5.69 Å². The minimum absolute atomic E-state index is 0.177. The zero-order chi connectivity index (χ0) is 17.8. The smallest absolute Gasteiger partial charge is 0.296 e. The Labute approximate surface area is 149 Å². The molecule has 7 nitrogen and oxygen atoms in total. The van der Waals surface area contributed by atoms with Gasteiger partial charge >= 0.3 is 0 Å². The van der Waals surface area contributed by atoms with Crippen LogP contribution in [-0.4, -0.2) is 35.9 Å². The first kappa shape index (κ1) is 17.4. The van der Waals surface area contributed by atoms with E-state index >= 15 is 0 Å². The number of ether oxygens (including phenoxy) is 1. The fraction of sp³-hybridized carbons (Fsp3) is 0.353. The van der Waals surface area contributed by atoms with Crippen molar-refractivity contribution in [2.75, 3.05) is 25.5 Å². The average molecular weight is 361 g/mol. The Morgan fingerprint density at radius 1 is 1.48 bits per heavy atom. The predicted octanol–water partition coefficient (Wildman–Crippen LogP) is 3.44. The number of benzene rings is 1. The highest BCUT2D eigenvalue weighted by atomic mass is 32.1. The lowest BCUT2D eigenvalue weighted by Crippen LogP contribution is -2.32. The normalized spacial score (nSPS) is 17.4. The van der Waals surface area contributed by atoms with Crippen molar-refractivity contribution in [2.24, 2.45) is 0 Å². The van der Waals surface area contributed by atoms with Gasteiger partial charge in [-0.3, -0.25) is 19.8 Å². The number of carbonyl (C=O) groups is 1. The van der Waals surface area contributed by atoms with E-state index in [9.17, 15) is 14.9 Å². The van der Waals surface area contributed by atoms with Crippen molar-refractivity contribution < 1.29 is 14.5 Å². The molecule has 1 saturated heterocycles. The summed E-state index contributed by atoms with van der Waals surface area (Å²) < 4.78 is 5.00. The lowest BCUT2D eigenvalue weighted by molar-refractivity contribution is -0.384. The van der Waals surface area contributed by atoms with Gasteiger partial charge in [0, 0.05) is 10.9 Å². The molecule has 2 heterocycles. The van der Waals surface area contributed by atoms with Gasteiger partial charge in [-0.1, -0.05) is 6.07 Å². The topological polar surface area (TPSA) is 84.7 Å². The van der Waals surface area contributed by atoms with Gasteiger partial charge in [0.1, 0.15) is 11.4 Å². The molecule has 1 N–H and O–H groups in total. The average Bonchev–Trinajstić information content (AvgIpc) is 3.26. The largest absolute Gasteiger partial charge is 0.496 e. The van der Waals surface area contributed by atoms with Crippen molar-refractivity contribution in [3.05, 3.63) is 50.7 Å². The van der Waals surface area contributed by atoms with Crippen LogP contribution in [0.25, 0.3) is 0 Å². The van der Waals surface area contributed by atoms with Crippen LogP contribution in [0.1, 0.15) is 23.8 Å². The molecule has 0 radical (unpaired) electrons. The molecule has 132 valence electrons. The quantitative estimate of drug-likeness (QED) is 0.629. The number of rotatable bonds is 6. The number of likely N-dealkylation sites (tertiary alicyclic amines) is 1. The maximum atomic E-state index is 12.4. The maximum Gasteiger partial charge on any atom is 0.296 e. The zero-order valence-corrected chi connectivity index (χ0v) is 14.6. The van der Waals surface area contributed by atoms with Crippen molar-refractivity contribution >= 4 is 28.6 Å². The van der Waals surface area contributed by atoms with E-state index < -0.39 is 4.92 Å². The minimum atomic E-state index is -0.525. The number of amides is 1. The first-order chi connectivity index (χ1) is 12.1. The van der Waals surface area contributed by atoms with E-state index in [4.69, 9.17) is 4.74 Å². The third kappa shape index (κ3) is 3.97. The van der Waals surface area contributed by atoms with Gasteiger partial charge in [-0.25, -0.2) is 0 Å². The molecule has 25 heavy (non-hydrogen) atoms. The Morgan fingerprint density at radius 3 is 3.00 bits per heavy atom. The molecule has 1 aliphatic rings. The molecule has 1 aromatic heterocycles. The molecule has 0 saturated carbocycles. The Bertz CT molecular complexity index is 763. The van der Waals surface area contributed by atoms with Gasteiger partial charge < -0.3 is 10.1 Å². The molecular weight excluding hydrogens is 342 g/mol. The second kappa shape index (κ2) is 7.62. The summed E-state index contributed by atoms with van der Waals surface area (Å²) in [6, 6.07) is 8.73. The Kier molecular flexibility index (Phi) is 5.30.